The summed E-state index contributed by atoms with van der Waals surface area (Å²) in [5.41, 5.74) is 0. The molecule has 1 aliphatic rings. The summed E-state index contributed by atoms with van der Waals surface area (Å²) in [6, 6.07) is 1.20. The molecule has 0 saturated carbocycles. The summed E-state index contributed by atoms with van der Waals surface area (Å²) >= 11 is 11.4. The van der Waals surface area contributed by atoms with Crippen molar-refractivity contribution >= 4 is 33.2 Å². The number of hydrogen-bond acceptors (Lipinski definition) is 3. The molecule has 1 aromatic rings. The molecular formula is C10H10Cl2N2O2S. The van der Waals surface area contributed by atoms with Crippen LogP contribution in [0.3, 0.4) is 0 Å². The van der Waals surface area contributed by atoms with Crippen LogP contribution in [0.1, 0.15) is 12.8 Å². The van der Waals surface area contributed by atoms with Crippen LogP contribution in [0, 0.1) is 0 Å². The number of hydrogen-bond donors (Lipinski definition) is 1. The summed E-state index contributed by atoms with van der Waals surface area (Å²) in [4.78, 5) is 3.74. The first-order valence-electron chi connectivity index (χ1n) is 4.97. The molecular weight excluding hydrogens is 283 g/mol. The van der Waals surface area contributed by atoms with Crippen molar-refractivity contribution in [2.45, 2.75) is 23.8 Å². The van der Waals surface area contributed by atoms with Gasteiger partial charge in [0.2, 0.25) is 10.0 Å². The maximum absolute atomic E-state index is 12.0. The van der Waals surface area contributed by atoms with Gasteiger partial charge < -0.3 is 0 Å². The van der Waals surface area contributed by atoms with Gasteiger partial charge in [-0.3, -0.25) is 0 Å². The quantitative estimate of drug-likeness (QED) is 0.687. The molecule has 4 nitrogen and oxygen atoms in total. The average molecular weight is 293 g/mol. The Morgan fingerprint density at radius 2 is 1.94 bits per heavy atom. The number of pyridine rings is 1. The number of sulfonamides is 1. The van der Waals surface area contributed by atoms with Crippen LogP contribution >= 0.6 is 23.2 Å². The van der Waals surface area contributed by atoms with Crippen LogP contribution < -0.4 is 4.72 Å². The van der Waals surface area contributed by atoms with Crippen molar-refractivity contribution < 1.29 is 8.42 Å². The van der Waals surface area contributed by atoms with Crippen LogP contribution in [0.25, 0.3) is 0 Å². The second-order valence-electron chi connectivity index (χ2n) is 3.70. The molecule has 0 radical (unpaired) electrons. The summed E-state index contributed by atoms with van der Waals surface area (Å²) in [5, 5.41) is 0.215. The number of nitrogens with zero attached hydrogens (tertiary/aromatic N) is 1. The predicted octanol–water partition coefficient (Wildman–Crippen LogP) is 2.39. The van der Waals surface area contributed by atoms with E-state index < -0.39 is 10.0 Å². The van der Waals surface area contributed by atoms with Gasteiger partial charge in [0.25, 0.3) is 0 Å². The van der Waals surface area contributed by atoms with Gasteiger partial charge in [-0.15, -0.1) is 0 Å². The summed E-state index contributed by atoms with van der Waals surface area (Å²) in [7, 11) is -3.58. The highest BCUT2D eigenvalue weighted by Crippen LogP contribution is 2.22. The van der Waals surface area contributed by atoms with Crippen molar-refractivity contribution in [2.75, 3.05) is 0 Å². The summed E-state index contributed by atoms with van der Waals surface area (Å²) in [6.07, 6.45) is 6.49. The highest BCUT2D eigenvalue weighted by atomic mass is 35.5. The highest BCUT2D eigenvalue weighted by molar-refractivity contribution is 7.89. The third-order valence-corrected chi connectivity index (χ3v) is 4.58. The van der Waals surface area contributed by atoms with Gasteiger partial charge in [0.05, 0.1) is 5.02 Å². The topological polar surface area (TPSA) is 59.1 Å². The average Bonchev–Trinajstić information content (AvgIpc) is 2.73. The molecule has 0 fully saturated rings. The predicted molar refractivity (Wildman–Crippen MR) is 66.7 cm³/mol. The van der Waals surface area contributed by atoms with Gasteiger partial charge in [-0.05, 0) is 18.9 Å². The van der Waals surface area contributed by atoms with Crippen molar-refractivity contribution in [1.29, 1.82) is 0 Å². The van der Waals surface area contributed by atoms with E-state index in [2.05, 4.69) is 9.71 Å². The minimum absolute atomic E-state index is 0.0267. The first-order chi connectivity index (χ1) is 7.99. The van der Waals surface area contributed by atoms with Crippen LogP contribution in [0.5, 0.6) is 0 Å². The monoisotopic (exact) mass is 292 g/mol. The molecule has 0 amide bonds. The van der Waals surface area contributed by atoms with Crippen LogP contribution in [-0.2, 0) is 10.0 Å². The third-order valence-electron chi connectivity index (χ3n) is 2.41. The molecule has 0 aromatic carbocycles. The lowest BCUT2D eigenvalue weighted by Crippen LogP contribution is -2.32. The molecule has 17 heavy (non-hydrogen) atoms. The van der Waals surface area contributed by atoms with E-state index in [1.807, 2.05) is 12.2 Å². The van der Waals surface area contributed by atoms with Gasteiger partial charge in [-0.2, -0.15) is 0 Å². The first kappa shape index (κ1) is 12.8. The Bertz CT molecular complexity index is 549. The van der Waals surface area contributed by atoms with Crippen molar-refractivity contribution in [1.82, 2.24) is 9.71 Å². The molecule has 1 aromatic heterocycles. The van der Waals surface area contributed by atoms with E-state index in [1.165, 1.54) is 12.3 Å². The van der Waals surface area contributed by atoms with Crippen molar-refractivity contribution in [2.24, 2.45) is 0 Å². The SMILES string of the molecule is O=S(=O)(NC1CC=CC1)c1cnc(Cl)c(Cl)c1. The summed E-state index contributed by atoms with van der Waals surface area (Å²) in [6.45, 7) is 0. The second kappa shape index (κ2) is 4.94. The zero-order valence-electron chi connectivity index (χ0n) is 8.73. The lowest BCUT2D eigenvalue weighted by atomic mass is 10.3. The largest absolute Gasteiger partial charge is 0.242 e. The molecule has 1 aliphatic carbocycles. The molecule has 1 N–H and O–H groups in total. The van der Waals surface area contributed by atoms with Crippen LogP contribution in [0.4, 0.5) is 0 Å². The van der Waals surface area contributed by atoms with Gasteiger partial charge >= 0.3 is 0 Å². The second-order valence-corrected chi connectivity index (χ2v) is 6.18. The third kappa shape index (κ3) is 2.98. The normalized spacial score (nSPS) is 16.6. The highest BCUT2D eigenvalue weighted by Gasteiger charge is 2.21. The van der Waals surface area contributed by atoms with E-state index in [-0.39, 0.29) is 21.1 Å². The molecule has 0 unspecified atom stereocenters. The first-order valence-corrected chi connectivity index (χ1v) is 7.21. The van der Waals surface area contributed by atoms with Crippen LogP contribution in [0.2, 0.25) is 10.2 Å². The number of halogens is 2. The van der Waals surface area contributed by atoms with Gasteiger partial charge in [0, 0.05) is 12.2 Å². The van der Waals surface area contributed by atoms with Gasteiger partial charge in [0.15, 0.2) is 0 Å². The Balaban J connectivity index is 2.22. The molecule has 1 heterocycles. The Morgan fingerprint density at radius 1 is 1.29 bits per heavy atom. The zero-order chi connectivity index (χ0) is 12.5. The van der Waals surface area contributed by atoms with E-state index in [9.17, 15) is 8.42 Å². The molecule has 0 spiro atoms. The fourth-order valence-corrected chi connectivity index (χ4v) is 3.12. The van der Waals surface area contributed by atoms with Gasteiger partial charge in [-0.25, -0.2) is 18.1 Å². The smallest absolute Gasteiger partial charge is 0.242 e. The van der Waals surface area contributed by atoms with Crippen LogP contribution in [-0.4, -0.2) is 19.4 Å². The summed E-state index contributed by atoms with van der Waals surface area (Å²) < 4.78 is 26.5. The lowest BCUT2D eigenvalue weighted by molar-refractivity contribution is 0.557. The Morgan fingerprint density at radius 3 is 2.53 bits per heavy atom. The molecule has 0 aliphatic heterocycles. The summed E-state index contributed by atoms with van der Waals surface area (Å²) in [5.74, 6) is 0. The van der Waals surface area contributed by atoms with Crippen molar-refractivity contribution in [3.05, 3.63) is 34.6 Å². The maximum Gasteiger partial charge on any atom is 0.242 e. The fourth-order valence-electron chi connectivity index (χ4n) is 1.55. The van der Waals surface area contributed by atoms with E-state index in [1.54, 1.807) is 0 Å². The number of nitrogens with one attached hydrogen (secondary N) is 1. The Hall–Kier alpha value is -0.620. The minimum Gasteiger partial charge on any atom is -0.242 e. The van der Waals surface area contributed by atoms with E-state index in [0.717, 1.165) is 0 Å². The van der Waals surface area contributed by atoms with E-state index >= 15 is 0 Å². The Kier molecular flexibility index (Phi) is 3.73. The molecule has 0 atom stereocenters. The maximum atomic E-state index is 12.0. The zero-order valence-corrected chi connectivity index (χ0v) is 11.1. The standard InChI is InChI=1S/C10H10Cl2N2O2S/c11-9-5-8(6-13-10(9)12)17(15,16)14-7-3-1-2-4-7/h1-2,5-7,14H,3-4H2. The van der Waals surface area contributed by atoms with E-state index in [4.69, 9.17) is 23.2 Å². The molecule has 0 bridgehead atoms. The van der Waals surface area contributed by atoms with Crippen LogP contribution in [0.15, 0.2) is 29.3 Å². The van der Waals surface area contributed by atoms with E-state index in [0.29, 0.717) is 12.8 Å². The Labute approximate surface area is 110 Å². The van der Waals surface area contributed by atoms with Gasteiger partial charge in [0.1, 0.15) is 10.0 Å². The van der Waals surface area contributed by atoms with Crippen molar-refractivity contribution in [3.63, 3.8) is 0 Å². The van der Waals surface area contributed by atoms with Crippen molar-refractivity contribution in [3.8, 4) is 0 Å². The lowest BCUT2D eigenvalue weighted by Gasteiger charge is -2.12. The molecule has 2 rings (SSSR count). The molecule has 0 saturated heterocycles. The molecule has 7 heteroatoms. The minimum atomic E-state index is -3.58. The fraction of sp³-hybridized carbons (Fsp3) is 0.300. The number of rotatable bonds is 3. The number of aromatic nitrogens is 1. The van der Waals surface area contributed by atoms with Gasteiger partial charge in [-0.1, -0.05) is 35.4 Å². The molecule has 92 valence electrons.